The van der Waals surface area contributed by atoms with Crippen LogP contribution in [0.15, 0.2) is 53.5 Å². The van der Waals surface area contributed by atoms with Crippen molar-refractivity contribution in [1.82, 2.24) is 9.38 Å². The van der Waals surface area contributed by atoms with Gasteiger partial charge >= 0.3 is 12.0 Å². The number of aromatic nitrogens is 2. The molecular formula is C19H15F2N3O3. The van der Waals surface area contributed by atoms with Crippen molar-refractivity contribution in [2.24, 2.45) is 0 Å². The Balaban J connectivity index is 1.82. The summed E-state index contributed by atoms with van der Waals surface area (Å²) in [7, 11) is 0. The number of fused-ring (bicyclic) bond motifs is 2. The zero-order valence-electron chi connectivity index (χ0n) is 14.4. The first-order valence-electron chi connectivity index (χ1n) is 8.38. The first kappa shape index (κ1) is 17.1. The molecule has 3 aromatic rings. The average Bonchev–Trinajstić information content (AvgIpc) is 2.65. The molecule has 1 aliphatic rings. The molecule has 0 saturated heterocycles. The molecular weight excluding hydrogens is 356 g/mol. The number of alkyl halides is 2. The van der Waals surface area contributed by atoms with Crippen molar-refractivity contribution in [3.63, 3.8) is 0 Å². The number of hydrogen-bond acceptors (Lipinski definition) is 4. The van der Waals surface area contributed by atoms with Gasteiger partial charge in [0.1, 0.15) is 5.65 Å². The van der Waals surface area contributed by atoms with Gasteiger partial charge in [-0.1, -0.05) is 25.1 Å². The molecule has 0 atom stereocenters. The summed E-state index contributed by atoms with van der Waals surface area (Å²) in [4.78, 5) is 29.8. The molecule has 1 amide bonds. The maximum atomic E-state index is 14.2. The predicted molar refractivity (Wildman–Crippen MR) is 94.0 cm³/mol. The Hall–Kier alpha value is -3.29. The van der Waals surface area contributed by atoms with Gasteiger partial charge in [-0.15, -0.1) is 0 Å². The molecule has 8 heteroatoms. The Morgan fingerprint density at radius 3 is 2.74 bits per heavy atom. The monoisotopic (exact) mass is 371 g/mol. The number of pyridine rings is 1. The van der Waals surface area contributed by atoms with Gasteiger partial charge in [0.05, 0.1) is 17.9 Å². The van der Waals surface area contributed by atoms with Crippen LogP contribution in [-0.2, 0) is 17.8 Å². The predicted octanol–water partition coefficient (Wildman–Crippen LogP) is 2.78. The lowest BCUT2D eigenvalue weighted by Crippen LogP contribution is -2.50. The quantitative estimate of drug-likeness (QED) is 0.710. The van der Waals surface area contributed by atoms with E-state index in [1.807, 2.05) is 6.92 Å². The number of carbonyl (C=O) groups excluding carboxylic acids is 1. The molecule has 4 rings (SSSR count). The molecule has 0 bridgehead atoms. The third-order valence-electron chi connectivity index (χ3n) is 4.42. The number of rotatable bonds is 3. The van der Waals surface area contributed by atoms with Gasteiger partial charge in [-0.25, -0.2) is 4.98 Å². The maximum Gasteiger partial charge on any atom is 0.483 e. The zero-order chi connectivity index (χ0) is 19.2. The van der Waals surface area contributed by atoms with Crippen molar-refractivity contribution < 1.29 is 18.3 Å². The number of carbonyl (C=O) groups is 1. The largest absolute Gasteiger partial charge is 0.483 e. The number of nitrogens with zero attached hydrogens (tertiary/aromatic N) is 3. The summed E-state index contributed by atoms with van der Waals surface area (Å²) >= 11 is 0. The van der Waals surface area contributed by atoms with Crippen LogP contribution >= 0.6 is 0 Å². The first-order valence-corrected chi connectivity index (χ1v) is 8.38. The van der Waals surface area contributed by atoms with Crippen LogP contribution in [0, 0.1) is 0 Å². The van der Waals surface area contributed by atoms with Crippen molar-refractivity contribution in [3.05, 3.63) is 70.3 Å². The number of benzene rings is 1. The molecule has 1 aliphatic heterocycles. The molecule has 6 nitrogen and oxygen atoms in total. The molecule has 0 spiro atoms. The van der Waals surface area contributed by atoms with Crippen molar-refractivity contribution in [2.45, 2.75) is 26.0 Å². The molecule has 2 aromatic heterocycles. The topological polar surface area (TPSA) is 63.9 Å². The lowest BCUT2D eigenvalue weighted by molar-refractivity contribution is -0.193. The van der Waals surface area contributed by atoms with Gasteiger partial charge in [-0.3, -0.25) is 18.9 Å². The Labute approximate surface area is 152 Å². The number of aryl methyl sites for hydroxylation is 1. The van der Waals surface area contributed by atoms with E-state index in [1.54, 1.807) is 36.5 Å². The van der Waals surface area contributed by atoms with Crippen molar-refractivity contribution in [2.75, 3.05) is 4.90 Å². The minimum absolute atomic E-state index is 0.0258. The zero-order valence-corrected chi connectivity index (χ0v) is 14.4. The Kier molecular flexibility index (Phi) is 3.91. The summed E-state index contributed by atoms with van der Waals surface area (Å²) in [6.07, 6.45) is -1.95. The molecule has 3 heterocycles. The highest BCUT2D eigenvalue weighted by Gasteiger charge is 2.51. The lowest BCUT2D eigenvalue weighted by atomic mass is 10.1. The van der Waals surface area contributed by atoms with Gasteiger partial charge < -0.3 is 4.74 Å². The minimum atomic E-state index is -3.98. The molecule has 27 heavy (non-hydrogen) atoms. The van der Waals surface area contributed by atoms with Gasteiger partial charge in [-0.05, 0) is 30.2 Å². The molecule has 138 valence electrons. The smallest absolute Gasteiger partial charge is 0.423 e. The second kappa shape index (κ2) is 6.15. The van der Waals surface area contributed by atoms with Gasteiger partial charge in [0.15, 0.2) is 5.75 Å². The third kappa shape index (κ3) is 2.83. The molecule has 0 radical (unpaired) electrons. The van der Waals surface area contributed by atoms with E-state index in [0.29, 0.717) is 17.6 Å². The standard InChI is InChI=1S/C19H15F2N3O3/c1-2-12-6-5-7-14-17(12)27-19(20,21)18(26)24(14)11-13-10-16(25)23-9-4-3-8-15(23)22-13/h3-10H,2,11H2,1H3. The fraction of sp³-hybridized carbons (Fsp3) is 0.211. The summed E-state index contributed by atoms with van der Waals surface area (Å²) < 4.78 is 34.4. The van der Waals surface area contributed by atoms with Crippen LogP contribution in [0.2, 0.25) is 0 Å². The van der Waals surface area contributed by atoms with Crippen molar-refractivity contribution >= 4 is 17.2 Å². The normalized spacial score (nSPS) is 15.5. The summed E-state index contributed by atoms with van der Waals surface area (Å²) in [6, 6.07) is 11.1. The number of hydrogen-bond donors (Lipinski definition) is 0. The van der Waals surface area contributed by atoms with E-state index in [4.69, 9.17) is 4.74 Å². The summed E-state index contributed by atoms with van der Waals surface area (Å²) in [6.45, 7) is 1.54. The number of para-hydroxylation sites is 1. The van der Waals surface area contributed by atoms with Gasteiger partial charge in [0.25, 0.3) is 5.56 Å². The number of anilines is 1. The molecule has 0 N–H and O–H groups in total. The van der Waals surface area contributed by atoms with E-state index >= 15 is 0 Å². The van der Waals surface area contributed by atoms with E-state index in [2.05, 4.69) is 4.98 Å². The highest BCUT2D eigenvalue weighted by Crippen LogP contribution is 2.42. The van der Waals surface area contributed by atoms with Gasteiger partial charge in [-0.2, -0.15) is 8.78 Å². The van der Waals surface area contributed by atoms with E-state index in [9.17, 15) is 18.4 Å². The molecule has 1 aromatic carbocycles. The van der Waals surface area contributed by atoms with E-state index in [0.717, 1.165) is 4.90 Å². The number of amides is 1. The van der Waals surface area contributed by atoms with Gasteiger partial charge in [0, 0.05) is 12.3 Å². The van der Waals surface area contributed by atoms with Crippen LogP contribution in [0.5, 0.6) is 5.75 Å². The Morgan fingerprint density at radius 2 is 1.96 bits per heavy atom. The Bertz CT molecular complexity index is 1110. The van der Waals surface area contributed by atoms with Gasteiger partial charge in [0.2, 0.25) is 0 Å². The van der Waals surface area contributed by atoms with Crippen LogP contribution in [0.4, 0.5) is 14.5 Å². The molecule has 0 unspecified atom stereocenters. The summed E-state index contributed by atoms with van der Waals surface area (Å²) in [5, 5.41) is 0. The second-order valence-electron chi connectivity index (χ2n) is 6.14. The van der Waals surface area contributed by atoms with Crippen LogP contribution in [0.3, 0.4) is 0 Å². The van der Waals surface area contributed by atoms with Crippen LogP contribution in [0.25, 0.3) is 5.65 Å². The molecule has 0 fully saturated rings. The second-order valence-corrected chi connectivity index (χ2v) is 6.14. The van der Waals surface area contributed by atoms with Crippen LogP contribution < -0.4 is 15.2 Å². The maximum absolute atomic E-state index is 14.2. The highest BCUT2D eigenvalue weighted by atomic mass is 19.3. The van der Waals surface area contributed by atoms with Crippen LogP contribution in [0.1, 0.15) is 18.2 Å². The molecule has 0 aliphatic carbocycles. The SMILES string of the molecule is CCc1cccc2c1OC(F)(F)C(=O)N2Cc1cc(=O)n2ccccc2n1. The van der Waals surface area contributed by atoms with E-state index in [-0.39, 0.29) is 29.2 Å². The molecule has 0 saturated carbocycles. The van der Waals surface area contributed by atoms with Crippen LogP contribution in [-0.4, -0.2) is 21.4 Å². The lowest BCUT2D eigenvalue weighted by Gasteiger charge is -2.34. The van der Waals surface area contributed by atoms with Crippen molar-refractivity contribution in [3.8, 4) is 5.75 Å². The number of ether oxygens (including phenoxy) is 1. The van der Waals surface area contributed by atoms with E-state index in [1.165, 1.54) is 16.5 Å². The van der Waals surface area contributed by atoms with Crippen molar-refractivity contribution in [1.29, 1.82) is 0 Å². The first-order chi connectivity index (χ1) is 12.9. The summed E-state index contributed by atoms with van der Waals surface area (Å²) in [5.74, 6) is -1.51. The van der Waals surface area contributed by atoms with E-state index < -0.39 is 12.0 Å². The Morgan fingerprint density at radius 1 is 1.15 bits per heavy atom. The minimum Gasteiger partial charge on any atom is -0.423 e. The highest BCUT2D eigenvalue weighted by molar-refractivity contribution is 6.01. The third-order valence-corrected chi connectivity index (χ3v) is 4.42. The number of halogens is 2. The fourth-order valence-corrected chi connectivity index (χ4v) is 3.12. The fourth-order valence-electron chi connectivity index (χ4n) is 3.12. The summed E-state index contributed by atoms with van der Waals surface area (Å²) in [5.41, 5.74) is 1.03. The average molecular weight is 371 g/mol.